The summed E-state index contributed by atoms with van der Waals surface area (Å²) in [5.41, 5.74) is -2.04. The van der Waals surface area contributed by atoms with Crippen LogP contribution in [0.3, 0.4) is 0 Å². The molecule has 0 saturated carbocycles. The summed E-state index contributed by atoms with van der Waals surface area (Å²) in [6, 6.07) is 5.58. The first-order valence-corrected chi connectivity index (χ1v) is 5.56. The van der Waals surface area contributed by atoms with Crippen LogP contribution in [0.5, 0.6) is 0 Å². The SMILES string of the molecule is O=C([O-])c1c(F)cccc1F.O=C([O-])c1c(F)cccc1F.[Ag]. The molecule has 4 nitrogen and oxygen atoms in total. The van der Waals surface area contributed by atoms with Gasteiger partial charge in [0.05, 0.1) is 23.1 Å². The van der Waals surface area contributed by atoms with Gasteiger partial charge < -0.3 is 19.8 Å². The standard InChI is InChI=1S/2C7H4F2O2.Ag/c2*8-4-2-1-3-5(9)6(4)7(10)11;/h2*1-3H,(H,10,11);/p-2. The summed E-state index contributed by atoms with van der Waals surface area (Å²) in [7, 11) is 0. The molecule has 1 radical (unpaired) electrons. The minimum absolute atomic E-state index is 0. The van der Waals surface area contributed by atoms with Crippen molar-refractivity contribution >= 4 is 11.9 Å². The molecular weight excluding hydrogens is 416 g/mol. The molecule has 0 N–H and O–H groups in total. The summed E-state index contributed by atoms with van der Waals surface area (Å²) in [6.45, 7) is 0. The van der Waals surface area contributed by atoms with Gasteiger partial charge in [-0.2, -0.15) is 0 Å². The van der Waals surface area contributed by atoms with E-state index < -0.39 is 46.3 Å². The van der Waals surface area contributed by atoms with Crippen molar-refractivity contribution in [2.75, 3.05) is 0 Å². The Morgan fingerprint density at radius 3 is 1.00 bits per heavy atom. The van der Waals surface area contributed by atoms with Gasteiger partial charge in [-0.05, 0) is 24.3 Å². The van der Waals surface area contributed by atoms with Crippen LogP contribution in [-0.4, -0.2) is 11.9 Å². The maximum Gasteiger partial charge on any atom is 0.135 e. The van der Waals surface area contributed by atoms with Crippen LogP contribution in [0.1, 0.15) is 20.7 Å². The quantitative estimate of drug-likeness (QED) is 0.526. The summed E-state index contributed by atoms with van der Waals surface area (Å²) in [5, 5.41) is 20.1. The van der Waals surface area contributed by atoms with E-state index in [9.17, 15) is 37.4 Å². The van der Waals surface area contributed by atoms with E-state index >= 15 is 0 Å². The zero-order chi connectivity index (χ0) is 16.9. The van der Waals surface area contributed by atoms with Crippen molar-refractivity contribution in [3.8, 4) is 0 Å². The van der Waals surface area contributed by atoms with Crippen LogP contribution in [-0.2, 0) is 22.4 Å². The third-order valence-electron chi connectivity index (χ3n) is 2.33. The first kappa shape index (κ1) is 20.8. The van der Waals surface area contributed by atoms with Crippen molar-refractivity contribution in [2.24, 2.45) is 0 Å². The van der Waals surface area contributed by atoms with Crippen molar-refractivity contribution < 1.29 is 59.7 Å². The first-order valence-electron chi connectivity index (χ1n) is 5.56. The van der Waals surface area contributed by atoms with Gasteiger partial charge in [0.2, 0.25) is 0 Å². The Labute approximate surface area is 142 Å². The van der Waals surface area contributed by atoms with Gasteiger partial charge in [0, 0.05) is 22.4 Å². The molecule has 127 valence electrons. The second-order valence-corrected chi connectivity index (χ2v) is 3.77. The van der Waals surface area contributed by atoms with Crippen molar-refractivity contribution in [1.82, 2.24) is 0 Å². The molecule has 0 atom stereocenters. The van der Waals surface area contributed by atoms with Crippen LogP contribution in [0.4, 0.5) is 17.6 Å². The van der Waals surface area contributed by atoms with Gasteiger partial charge in [-0.15, -0.1) is 0 Å². The molecule has 0 fully saturated rings. The number of carbonyl (C=O) groups is 2. The minimum atomic E-state index is -1.85. The Hall–Kier alpha value is -2.16. The minimum Gasteiger partial charge on any atom is -0.545 e. The molecule has 2 aromatic rings. The maximum atomic E-state index is 12.4. The van der Waals surface area contributed by atoms with E-state index in [2.05, 4.69) is 0 Å². The fourth-order valence-corrected chi connectivity index (χ4v) is 1.39. The number of aromatic carboxylic acids is 2. The molecule has 0 spiro atoms. The number of benzene rings is 2. The van der Waals surface area contributed by atoms with Gasteiger partial charge in [-0.3, -0.25) is 0 Å². The Kier molecular flexibility index (Phi) is 8.23. The van der Waals surface area contributed by atoms with Crippen molar-refractivity contribution in [3.05, 3.63) is 70.8 Å². The monoisotopic (exact) mass is 421 g/mol. The van der Waals surface area contributed by atoms with E-state index in [1.54, 1.807) is 0 Å². The van der Waals surface area contributed by atoms with E-state index in [0.29, 0.717) is 0 Å². The molecule has 2 rings (SSSR count). The second kappa shape index (κ2) is 9.09. The van der Waals surface area contributed by atoms with Crippen molar-refractivity contribution in [2.45, 2.75) is 0 Å². The van der Waals surface area contributed by atoms with E-state index in [1.165, 1.54) is 0 Å². The molecule has 0 unspecified atom stereocenters. The van der Waals surface area contributed by atoms with Crippen LogP contribution < -0.4 is 10.2 Å². The molecule has 0 aliphatic heterocycles. The number of carboxylic acids is 2. The second-order valence-electron chi connectivity index (χ2n) is 3.77. The van der Waals surface area contributed by atoms with Crippen LogP contribution in [0.15, 0.2) is 36.4 Å². The summed E-state index contributed by atoms with van der Waals surface area (Å²) in [5.74, 6) is -8.17. The van der Waals surface area contributed by atoms with E-state index in [1.807, 2.05) is 0 Å². The average molecular weight is 422 g/mol. The number of carboxylic acid groups (broad SMARTS) is 2. The Morgan fingerprint density at radius 1 is 0.652 bits per heavy atom. The average Bonchev–Trinajstić information content (AvgIpc) is 2.38. The zero-order valence-electron chi connectivity index (χ0n) is 10.9. The van der Waals surface area contributed by atoms with Crippen LogP contribution in [0.25, 0.3) is 0 Å². The number of hydrogen-bond donors (Lipinski definition) is 0. The molecule has 23 heavy (non-hydrogen) atoms. The largest absolute Gasteiger partial charge is 0.545 e. The van der Waals surface area contributed by atoms with E-state index in [0.717, 1.165) is 36.4 Å². The Balaban J connectivity index is 0.000000403. The molecule has 0 aromatic heterocycles. The van der Waals surface area contributed by atoms with Gasteiger partial charge in [-0.1, -0.05) is 12.1 Å². The zero-order valence-corrected chi connectivity index (χ0v) is 12.4. The summed E-state index contributed by atoms with van der Waals surface area (Å²) < 4.78 is 49.8. The third-order valence-corrected chi connectivity index (χ3v) is 2.33. The molecule has 0 bridgehead atoms. The number of rotatable bonds is 2. The summed E-state index contributed by atoms with van der Waals surface area (Å²) >= 11 is 0. The number of halogens is 4. The number of hydrogen-bond acceptors (Lipinski definition) is 4. The van der Waals surface area contributed by atoms with Crippen molar-refractivity contribution in [3.63, 3.8) is 0 Å². The van der Waals surface area contributed by atoms with Crippen molar-refractivity contribution in [1.29, 1.82) is 0 Å². The fraction of sp³-hybridized carbons (Fsp3) is 0. The molecule has 0 amide bonds. The predicted octanol–water partition coefficient (Wildman–Crippen LogP) is 0.654. The van der Waals surface area contributed by atoms with Crippen LogP contribution in [0.2, 0.25) is 0 Å². The Morgan fingerprint density at radius 2 is 0.870 bits per heavy atom. The van der Waals surface area contributed by atoms with Gasteiger partial charge in [0.25, 0.3) is 0 Å². The molecule has 2 aromatic carbocycles. The van der Waals surface area contributed by atoms with Gasteiger partial charge >= 0.3 is 0 Å². The third kappa shape index (κ3) is 5.51. The van der Waals surface area contributed by atoms with Crippen LogP contribution in [0, 0.1) is 23.3 Å². The molecule has 9 heteroatoms. The fourth-order valence-electron chi connectivity index (χ4n) is 1.39. The maximum absolute atomic E-state index is 12.4. The van der Waals surface area contributed by atoms with Gasteiger partial charge in [-0.25, -0.2) is 17.6 Å². The van der Waals surface area contributed by atoms with E-state index in [4.69, 9.17) is 0 Å². The summed E-state index contributed by atoms with van der Waals surface area (Å²) in [4.78, 5) is 20.1. The first-order chi connectivity index (χ1) is 10.3. The summed E-state index contributed by atoms with van der Waals surface area (Å²) in [6.07, 6.45) is 0. The predicted molar refractivity (Wildman–Crippen MR) is 61.4 cm³/mol. The smallest absolute Gasteiger partial charge is 0.135 e. The normalized spacial score (nSPS) is 9.22. The van der Waals surface area contributed by atoms with Crippen LogP contribution >= 0.6 is 0 Å². The van der Waals surface area contributed by atoms with Gasteiger partial charge in [0.15, 0.2) is 0 Å². The number of carbonyl (C=O) groups excluding carboxylic acids is 2. The molecule has 0 heterocycles. The molecule has 0 saturated heterocycles. The Bertz CT molecular complexity index is 620. The van der Waals surface area contributed by atoms with E-state index in [-0.39, 0.29) is 22.4 Å². The molecule has 0 aliphatic carbocycles. The van der Waals surface area contributed by atoms with Gasteiger partial charge in [0.1, 0.15) is 23.3 Å². The topological polar surface area (TPSA) is 80.3 Å². The molecule has 0 aliphatic rings. The molecular formula is C14H6AgF4O4-2.